The number of carbonyl (C=O) groups excluding carboxylic acids is 1. The third kappa shape index (κ3) is 4.43. The second-order valence-corrected chi connectivity index (χ2v) is 7.29. The average Bonchev–Trinajstić information content (AvgIpc) is 3.25. The van der Waals surface area contributed by atoms with Crippen LogP contribution >= 0.6 is 11.3 Å². The number of anilines is 1. The highest BCUT2D eigenvalue weighted by molar-refractivity contribution is 7.11. The molecule has 9 heteroatoms. The molecule has 3 rings (SSSR count). The van der Waals surface area contributed by atoms with Crippen LogP contribution in [0.25, 0.3) is 0 Å². The van der Waals surface area contributed by atoms with Gasteiger partial charge in [-0.05, 0) is 38.0 Å². The molecular formula is C18H21N5O3S. The Morgan fingerprint density at radius 3 is 2.59 bits per heavy atom. The van der Waals surface area contributed by atoms with Gasteiger partial charge in [-0.25, -0.2) is 4.98 Å². The maximum atomic E-state index is 12.3. The molecule has 2 aromatic heterocycles. The zero-order valence-electron chi connectivity index (χ0n) is 15.6. The van der Waals surface area contributed by atoms with Crippen molar-refractivity contribution in [1.29, 1.82) is 0 Å². The van der Waals surface area contributed by atoms with Crippen LogP contribution in [0, 0.1) is 13.8 Å². The Bertz CT molecular complexity index is 950. The smallest absolute Gasteiger partial charge is 0.277 e. The number of aromatic nitrogens is 4. The molecule has 0 atom stereocenters. The lowest BCUT2D eigenvalue weighted by Crippen LogP contribution is -2.14. The van der Waals surface area contributed by atoms with Crippen molar-refractivity contribution in [2.45, 2.75) is 26.7 Å². The van der Waals surface area contributed by atoms with Crippen LogP contribution in [-0.2, 0) is 12.8 Å². The van der Waals surface area contributed by atoms with Crippen LogP contribution in [0.1, 0.15) is 31.8 Å². The lowest BCUT2D eigenvalue weighted by molar-refractivity contribution is 0.102. The second kappa shape index (κ2) is 8.17. The third-order valence-corrected chi connectivity index (χ3v) is 4.86. The van der Waals surface area contributed by atoms with Crippen molar-refractivity contribution in [1.82, 2.24) is 20.2 Å². The van der Waals surface area contributed by atoms with Crippen molar-refractivity contribution < 1.29 is 14.3 Å². The molecule has 0 aliphatic heterocycles. The number of nitrogens with zero attached hydrogens (tertiary/aromatic N) is 3. The van der Waals surface area contributed by atoms with Gasteiger partial charge < -0.3 is 9.47 Å². The lowest BCUT2D eigenvalue weighted by Gasteiger charge is -2.09. The van der Waals surface area contributed by atoms with E-state index in [1.165, 1.54) is 11.3 Å². The number of amides is 1. The fourth-order valence-corrected chi connectivity index (χ4v) is 3.48. The van der Waals surface area contributed by atoms with Crippen LogP contribution in [0.2, 0.25) is 0 Å². The van der Waals surface area contributed by atoms with Crippen molar-refractivity contribution in [3.63, 3.8) is 0 Å². The highest BCUT2D eigenvalue weighted by Crippen LogP contribution is 2.28. The number of nitrogens with one attached hydrogen (secondary N) is 2. The fraction of sp³-hybridized carbons (Fsp3) is 0.333. The first kappa shape index (κ1) is 18.8. The molecule has 0 fully saturated rings. The van der Waals surface area contributed by atoms with E-state index >= 15 is 0 Å². The summed E-state index contributed by atoms with van der Waals surface area (Å²) < 4.78 is 10.6. The maximum absolute atomic E-state index is 12.3. The maximum Gasteiger partial charge on any atom is 0.277 e. The van der Waals surface area contributed by atoms with Crippen LogP contribution in [0.5, 0.6) is 11.5 Å². The first-order valence-electron chi connectivity index (χ1n) is 8.37. The van der Waals surface area contributed by atoms with Gasteiger partial charge in [0.05, 0.1) is 19.2 Å². The number of hydrogen-bond donors (Lipinski definition) is 2. The highest BCUT2D eigenvalue weighted by atomic mass is 32.1. The summed E-state index contributed by atoms with van der Waals surface area (Å²) in [6, 6.07) is 5.79. The predicted molar refractivity (Wildman–Crippen MR) is 103 cm³/mol. The molecule has 0 saturated carbocycles. The number of methoxy groups -OCH3 is 2. The molecule has 2 N–H and O–H groups in total. The molecule has 0 aliphatic rings. The zero-order chi connectivity index (χ0) is 19.4. The number of thiazole rings is 1. The van der Waals surface area contributed by atoms with Crippen molar-refractivity contribution in [3.8, 4) is 11.5 Å². The summed E-state index contributed by atoms with van der Waals surface area (Å²) in [6.07, 6.45) is 1.39. The Kier molecular flexibility index (Phi) is 5.70. The van der Waals surface area contributed by atoms with E-state index in [-0.39, 0.29) is 11.9 Å². The molecule has 3 aromatic rings. The summed E-state index contributed by atoms with van der Waals surface area (Å²) in [5, 5.41) is 10.4. The van der Waals surface area contributed by atoms with Crippen LogP contribution in [0.15, 0.2) is 18.2 Å². The normalized spacial score (nSPS) is 10.7. The zero-order valence-corrected chi connectivity index (χ0v) is 16.4. The number of aryl methyl sites for hydroxylation is 4. The summed E-state index contributed by atoms with van der Waals surface area (Å²) in [6.45, 7) is 3.74. The first-order chi connectivity index (χ1) is 13.0. The van der Waals surface area contributed by atoms with Gasteiger partial charge in [0.25, 0.3) is 5.91 Å². The van der Waals surface area contributed by atoms with E-state index < -0.39 is 0 Å². The summed E-state index contributed by atoms with van der Waals surface area (Å²) in [4.78, 5) is 21.7. The van der Waals surface area contributed by atoms with Crippen molar-refractivity contribution >= 4 is 23.2 Å². The van der Waals surface area contributed by atoms with Gasteiger partial charge in [-0.15, -0.1) is 16.4 Å². The number of aromatic amines is 1. The topological polar surface area (TPSA) is 102 Å². The second-order valence-electron chi connectivity index (χ2n) is 5.89. The van der Waals surface area contributed by atoms with Crippen LogP contribution in [-0.4, -0.2) is 40.3 Å². The molecule has 27 heavy (non-hydrogen) atoms. The Morgan fingerprint density at radius 1 is 1.15 bits per heavy atom. The van der Waals surface area contributed by atoms with Gasteiger partial charge in [0, 0.05) is 11.3 Å². The summed E-state index contributed by atoms with van der Waals surface area (Å²) >= 11 is 1.48. The monoisotopic (exact) mass is 387 g/mol. The molecule has 0 unspecified atom stereocenters. The van der Waals surface area contributed by atoms with Gasteiger partial charge in [0.2, 0.25) is 5.95 Å². The Hall–Kier alpha value is -2.94. The van der Waals surface area contributed by atoms with E-state index in [1.807, 2.05) is 32.0 Å². The number of hydrogen-bond acceptors (Lipinski definition) is 7. The Labute approximate surface area is 161 Å². The van der Waals surface area contributed by atoms with E-state index in [1.54, 1.807) is 14.2 Å². The van der Waals surface area contributed by atoms with Gasteiger partial charge in [-0.3, -0.25) is 15.2 Å². The minimum Gasteiger partial charge on any atom is -0.493 e. The third-order valence-electron chi connectivity index (χ3n) is 3.97. The van der Waals surface area contributed by atoms with Crippen molar-refractivity contribution in [2.75, 3.05) is 19.5 Å². The number of rotatable bonds is 7. The number of H-pyrrole nitrogens is 1. The molecule has 0 aliphatic carbocycles. The standard InChI is InChI=1S/C18H21N5O3S/c1-10-16(19-11(2)27-10)17(24)21-18-20-15(22-23-18)8-6-12-5-7-13(25-3)14(9-12)26-4/h5,7,9H,6,8H2,1-4H3,(H2,20,21,22,23,24). The summed E-state index contributed by atoms with van der Waals surface area (Å²) in [5.41, 5.74) is 1.50. The van der Waals surface area contributed by atoms with Gasteiger partial charge in [0.15, 0.2) is 11.5 Å². The molecule has 1 amide bonds. The molecule has 2 heterocycles. The van der Waals surface area contributed by atoms with Crippen LogP contribution < -0.4 is 14.8 Å². The predicted octanol–water partition coefficient (Wildman–Crippen LogP) is 2.93. The minimum absolute atomic E-state index is 0.243. The Morgan fingerprint density at radius 2 is 1.93 bits per heavy atom. The summed E-state index contributed by atoms with van der Waals surface area (Å²) in [5.74, 6) is 2.01. The molecule has 0 radical (unpaired) electrons. The highest BCUT2D eigenvalue weighted by Gasteiger charge is 2.16. The quantitative estimate of drug-likeness (QED) is 0.646. The fourth-order valence-electron chi connectivity index (χ4n) is 2.66. The lowest BCUT2D eigenvalue weighted by atomic mass is 10.1. The van der Waals surface area contributed by atoms with E-state index in [9.17, 15) is 4.79 Å². The average molecular weight is 387 g/mol. The van der Waals surface area contributed by atoms with E-state index in [0.29, 0.717) is 29.4 Å². The summed E-state index contributed by atoms with van der Waals surface area (Å²) in [7, 11) is 3.22. The van der Waals surface area contributed by atoms with Crippen LogP contribution in [0.4, 0.5) is 5.95 Å². The number of benzene rings is 1. The van der Waals surface area contributed by atoms with Gasteiger partial charge in [0.1, 0.15) is 11.5 Å². The molecule has 0 spiro atoms. The van der Waals surface area contributed by atoms with Gasteiger partial charge in [-0.1, -0.05) is 6.07 Å². The van der Waals surface area contributed by atoms with E-state index in [4.69, 9.17) is 9.47 Å². The molecular weight excluding hydrogens is 366 g/mol. The molecule has 0 bridgehead atoms. The molecule has 8 nitrogen and oxygen atoms in total. The number of carbonyl (C=O) groups is 1. The molecule has 1 aromatic carbocycles. The minimum atomic E-state index is -0.303. The van der Waals surface area contributed by atoms with Crippen molar-refractivity contribution in [2.24, 2.45) is 0 Å². The van der Waals surface area contributed by atoms with E-state index in [0.717, 1.165) is 21.9 Å². The Balaban J connectivity index is 1.61. The van der Waals surface area contributed by atoms with Gasteiger partial charge in [-0.2, -0.15) is 4.98 Å². The van der Waals surface area contributed by atoms with Gasteiger partial charge >= 0.3 is 0 Å². The SMILES string of the molecule is COc1ccc(CCc2nc(NC(=O)c3nc(C)sc3C)n[nH]2)cc1OC. The first-order valence-corrected chi connectivity index (χ1v) is 9.19. The van der Waals surface area contributed by atoms with Crippen molar-refractivity contribution in [3.05, 3.63) is 45.2 Å². The number of ether oxygens (including phenoxy) is 2. The largest absolute Gasteiger partial charge is 0.493 e. The van der Waals surface area contributed by atoms with Crippen LogP contribution in [0.3, 0.4) is 0 Å². The van der Waals surface area contributed by atoms with E-state index in [2.05, 4.69) is 25.5 Å². The molecule has 142 valence electrons. The molecule has 0 saturated heterocycles.